The van der Waals surface area contributed by atoms with E-state index in [4.69, 9.17) is 9.82 Å². The van der Waals surface area contributed by atoms with Crippen LogP contribution >= 0.6 is 11.8 Å². The maximum Gasteiger partial charge on any atom is 0.433 e. The van der Waals surface area contributed by atoms with Crippen molar-refractivity contribution in [3.63, 3.8) is 0 Å². The van der Waals surface area contributed by atoms with E-state index in [1.165, 1.54) is 6.07 Å². The number of nitrogens with zero attached hydrogens (tertiary/aromatic N) is 3. The Bertz CT molecular complexity index is 1590. The molecule has 0 aliphatic carbocycles. The van der Waals surface area contributed by atoms with E-state index in [0.29, 0.717) is 49.3 Å². The number of carbonyl (C=O) groups is 2. The van der Waals surface area contributed by atoms with Crippen LogP contribution in [0.1, 0.15) is 70.0 Å². The van der Waals surface area contributed by atoms with Gasteiger partial charge in [0.25, 0.3) is 10.0 Å². The Hall–Kier alpha value is -3.84. The quantitative estimate of drug-likeness (QED) is 0.161. The summed E-state index contributed by atoms with van der Waals surface area (Å²) in [5.74, 6) is 1.74. The van der Waals surface area contributed by atoms with Gasteiger partial charge in [-0.05, 0) is 36.5 Å². The first-order valence-electron chi connectivity index (χ1n) is 15.0. The molecule has 0 saturated carbocycles. The number of urea groups is 1. The van der Waals surface area contributed by atoms with E-state index in [2.05, 4.69) is 32.0 Å². The Morgan fingerprint density at radius 2 is 1.73 bits per heavy atom. The van der Waals surface area contributed by atoms with E-state index >= 15 is 0 Å². The number of aryl methyl sites for hydroxylation is 1. The summed E-state index contributed by atoms with van der Waals surface area (Å²) in [5.41, 5.74) is 3.73. The van der Waals surface area contributed by atoms with Gasteiger partial charge < -0.3 is 15.2 Å². The zero-order valence-corrected chi connectivity index (χ0v) is 27.0. The highest BCUT2D eigenvalue weighted by molar-refractivity contribution is 7.99. The molecule has 0 atom stereocenters. The van der Waals surface area contributed by atoms with Crippen LogP contribution in [0.2, 0.25) is 0 Å². The van der Waals surface area contributed by atoms with Crippen LogP contribution in [-0.2, 0) is 27.8 Å². The van der Waals surface area contributed by atoms with Gasteiger partial charge in [0.2, 0.25) is 0 Å². The maximum absolute atomic E-state index is 13.1. The minimum atomic E-state index is -4.10. The molecule has 0 radical (unpaired) electrons. The number of unbranched alkanes of at least 4 members (excludes halogenated alkanes) is 1. The number of rotatable bonds is 13. The molecule has 3 amide bonds. The number of thioether (sulfide) groups is 1. The van der Waals surface area contributed by atoms with Gasteiger partial charge in [-0.2, -0.15) is 0 Å². The van der Waals surface area contributed by atoms with Crippen molar-refractivity contribution in [1.82, 2.24) is 24.9 Å². The fourth-order valence-electron chi connectivity index (χ4n) is 4.72. The fourth-order valence-corrected chi connectivity index (χ4v) is 6.90. The van der Waals surface area contributed by atoms with Gasteiger partial charge in [-0.15, -0.1) is 11.8 Å². The zero-order valence-electron chi connectivity index (χ0n) is 25.4. The molecule has 3 aromatic rings. The van der Waals surface area contributed by atoms with Crippen LogP contribution in [-0.4, -0.2) is 54.6 Å². The van der Waals surface area contributed by atoms with Crippen LogP contribution in [0.25, 0.3) is 11.1 Å². The van der Waals surface area contributed by atoms with Crippen molar-refractivity contribution in [2.24, 2.45) is 5.16 Å². The summed E-state index contributed by atoms with van der Waals surface area (Å²) in [7, 11) is -4.10. The minimum Gasteiger partial charge on any atom is -0.337 e. The lowest BCUT2D eigenvalue weighted by Crippen LogP contribution is -2.39. The maximum atomic E-state index is 13.1. The molecular weight excluding hydrogens is 601 g/mol. The third-order valence-corrected chi connectivity index (χ3v) is 9.28. The molecule has 11 nitrogen and oxygen atoms in total. The predicted molar refractivity (Wildman–Crippen MR) is 172 cm³/mol. The average molecular weight is 641 g/mol. The number of amides is 3. The van der Waals surface area contributed by atoms with Crippen LogP contribution in [0.15, 0.2) is 63.6 Å². The molecule has 1 aliphatic rings. The summed E-state index contributed by atoms with van der Waals surface area (Å²) < 4.78 is 30.4. The molecule has 1 aliphatic heterocycles. The first-order valence-corrected chi connectivity index (χ1v) is 17.5. The first kappa shape index (κ1) is 33.1. The lowest BCUT2D eigenvalue weighted by Gasteiger charge is -2.17. The Balaban J connectivity index is 1.62. The average Bonchev–Trinajstić information content (AvgIpc) is 3.38. The van der Waals surface area contributed by atoms with Crippen molar-refractivity contribution in [1.29, 1.82) is 0 Å². The molecule has 13 heteroatoms. The molecule has 2 aromatic carbocycles. The number of imidazole rings is 1. The molecule has 0 fully saturated rings. The van der Waals surface area contributed by atoms with Gasteiger partial charge >= 0.3 is 12.1 Å². The van der Waals surface area contributed by atoms with Crippen LogP contribution in [0.5, 0.6) is 0 Å². The standard InChI is InChI=1S/C31H40N6O5S2/c1-4-7-12-27-34-29-28(25(17-20-43-29)35-42-31(39)33-19-6-3)37(27)21-22-13-15-23(16-14-22)24-10-8-9-11-26(24)44(40,41)36-30(38)32-18-5-2/h8-11,13-16H,4-7,12,17-21H2,1-3H3,(H,33,39)(H2,32,36,38)/b35-25-. The lowest BCUT2D eigenvalue weighted by molar-refractivity contribution is 0.150. The number of sulfonamides is 1. The molecule has 0 spiro atoms. The number of hydrogen-bond donors (Lipinski definition) is 3. The third kappa shape index (κ3) is 8.41. The Labute approximate surface area is 263 Å². The van der Waals surface area contributed by atoms with Crippen molar-refractivity contribution in [3.05, 3.63) is 65.6 Å². The second-order valence-electron chi connectivity index (χ2n) is 10.4. The molecule has 0 bridgehead atoms. The number of benzene rings is 2. The first-order chi connectivity index (χ1) is 21.3. The largest absolute Gasteiger partial charge is 0.433 e. The molecule has 1 aromatic heterocycles. The fraction of sp³-hybridized carbons (Fsp3) is 0.419. The highest BCUT2D eigenvalue weighted by Crippen LogP contribution is 2.33. The molecule has 0 saturated heterocycles. The van der Waals surface area contributed by atoms with E-state index in [-0.39, 0.29) is 4.90 Å². The molecule has 0 unspecified atom stereocenters. The highest BCUT2D eigenvalue weighted by atomic mass is 32.2. The van der Waals surface area contributed by atoms with Crippen molar-refractivity contribution in [2.75, 3.05) is 18.8 Å². The van der Waals surface area contributed by atoms with Crippen molar-refractivity contribution in [2.45, 2.75) is 75.8 Å². The Kier molecular flexibility index (Phi) is 11.8. The number of carbonyl (C=O) groups excluding carboxylic acids is 2. The van der Waals surface area contributed by atoms with E-state index < -0.39 is 22.1 Å². The van der Waals surface area contributed by atoms with Gasteiger partial charge in [-0.3, -0.25) is 4.84 Å². The SMILES string of the molecule is CCCCc1nc2c(n1Cc1ccc(-c3ccccc3S(=O)(=O)NC(=O)NCCC)cc1)/C(=N\OC(=O)NCCC)CCS2. The van der Waals surface area contributed by atoms with Gasteiger partial charge in [0.15, 0.2) is 0 Å². The highest BCUT2D eigenvalue weighted by Gasteiger charge is 2.27. The minimum absolute atomic E-state index is 0.0192. The molecule has 2 heterocycles. The number of aromatic nitrogens is 2. The Morgan fingerprint density at radius 3 is 2.45 bits per heavy atom. The van der Waals surface area contributed by atoms with E-state index in [1.807, 2.05) is 38.1 Å². The van der Waals surface area contributed by atoms with Crippen molar-refractivity contribution in [3.8, 4) is 11.1 Å². The number of oxime groups is 1. The zero-order chi connectivity index (χ0) is 31.5. The van der Waals surface area contributed by atoms with Crippen LogP contribution in [0.3, 0.4) is 0 Å². The van der Waals surface area contributed by atoms with Gasteiger partial charge in [0.1, 0.15) is 22.3 Å². The molecular formula is C31H40N6O5S2. The van der Waals surface area contributed by atoms with Gasteiger partial charge in [0, 0.05) is 43.8 Å². The summed E-state index contributed by atoms with van der Waals surface area (Å²) in [5, 5.41) is 10.3. The van der Waals surface area contributed by atoms with Crippen molar-refractivity contribution < 1.29 is 22.8 Å². The molecule has 4 rings (SSSR count). The summed E-state index contributed by atoms with van der Waals surface area (Å²) in [4.78, 5) is 34.4. The van der Waals surface area contributed by atoms with Gasteiger partial charge in [-0.25, -0.2) is 27.7 Å². The van der Waals surface area contributed by atoms with E-state index in [1.54, 1.807) is 30.0 Å². The van der Waals surface area contributed by atoms with Crippen molar-refractivity contribution >= 4 is 39.6 Å². The third-order valence-electron chi connectivity index (χ3n) is 6.92. The predicted octanol–water partition coefficient (Wildman–Crippen LogP) is 5.68. The summed E-state index contributed by atoms with van der Waals surface area (Å²) in [6, 6.07) is 13.5. The monoisotopic (exact) mass is 640 g/mol. The topological polar surface area (TPSA) is 144 Å². The normalized spacial score (nSPS) is 13.8. The number of hydrogen-bond acceptors (Lipinski definition) is 8. The number of nitrogens with one attached hydrogen (secondary N) is 3. The second-order valence-corrected chi connectivity index (χ2v) is 13.1. The molecule has 44 heavy (non-hydrogen) atoms. The van der Waals surface area contributed by atoms with E-state index in [9.17, 15) is 18.0 Å². The second kappa shape index (κ2) is 15.8. The number of fused-ring (bicyclic) bond motifs is 1. The molecule has 236 valence electrons. The van der Waals surface area contributed by atoms with Crippen LogP contribution < -0.4 is 15.4 Å². The van der Waals surface area contributed by atoms with E-state index in [0.717, 1.165) is 53.5 Å². The van der Waals surface area contributed by atoms with Crippen LogP contribution in [0, 0.1) is 0 Å². The van der Waals surface area contributed by atoms with Crippen LogP contribution in [0.4, 0.5) is 9.59 Å². The summed E-state index contributed by atoms with van der Waals surface area (Å²) in [6.45, 7) is 7.40. The molecule has 3 N–H and O–H groups in total. The smallest absolute Gasteiger partial charge is 0.337 e. The van der Waals surface area contributed by atoms with Gasteiger partial charge in [-0.1, -0.05) is 74.8 Å². The Morgan fingerprint density at radius 1 is 1.00 bits per heavy atom. The summed E-state index contributed by atoms with van der Waals surface area (Å²) >= 11 is 1.67. The summed E-state index contributed by atoms with van der Waals surface area (Å²) in [6.07, 6.45) is 4.37. The lowest BCUT2D eigenvalue weighted by atomic mass is 10.0. The van der Waals surface area contributed by atoms with Gasteiger partial charge in [0.05, 0.1) is 4.90 Å².